The first-order chi connectivity index (χ1) is 9.86. The van der Waals surface area contributed by atoms with E-state index in [1.807, 2.05) is 0 Å². The maximum atomic E-state index is 11.6. The van der Waals surface area contributed by atoms with E-state index in [-0.39, 0.29) is 5.75 Å². The summed E-state index contributed by atoms with van der Waals surface area (Å²) < 4.78 is 32.6. The Balaban J connectivity index is 2.67. The van der Waals surface area contributed by atoms with Gasteiger partial charge < -0.3 is 5.11 Å². The smallest absolute Gasteiger partial charge is 0.271 e. The summed E-state index contributed by atoms with van der Waals surface area (Å²) >= 11 is 0. The van der Waals surface area contributed by atoms with E-state index in [9.17, 15) is 18.1 Å². The molecule has 0 aliphatic heterocycles. The highest BCUT2D eigenvalue weighted by atomic mass is 32.2. The Morgan fingerprint density at radius 1 is 1.10 bits per heavy atom. The molecule has 1 rings (SSSR count). The third-order valence-electron chi connectivity index (χ3n) is 3.77. The first-order valence-corrected chi connectivity index (χ1v) is 9.12. The van der Waals surface area contributed by atoms with Gasteiger partial charge in [0, 0.05) is 0 Å². The third kappa shape index (κ3) is 6.06. The summed E-state index contributed by atoms with van der Waals surface area (Å²) in [6.07, 6.45) is 6.82. The number of benzene rings is 1. The monoisotopic (exact) mass is 314 g/mol. The summed E-state index contributed by atoms with van der Waals surface area (Å²) in [7, 11) is -4.13. The fraction of sp³-hybridized carbons (Fsp3) is 0.625. The first kappa shape index (κ1) is 18.0. The molecule has 1 aromatic carbocycles. The molecule has 1 unspecified atom stereocenters. The van der Waals surface area contributed by atoms with Crippen LogP contribution in [0.15, 0.2) is 18.2 Å². The van der Waals surface area contributed by atoms with Gasteiger partial charge >= 0.3 is 0 Å². The van der Waals surface area contributed by atoms with Gasteiger partial charge in [-0.2, -0.15) is 8.42 Å². The van der Waals surface area contributed by atoms with Gasteiger partial charge in [-0.1, -0.05) is 57.6 Å². The Bertz CT molecular complexity index is 537. The molecule has 0 aromatic heterocycles. The number of aromatic hydroxyl groups is 1. The van der Waals surface area contributed by atoms with Crippen LogP contribution in [0.25, 0.3) is 0 Å². The van der Waals surface area contributed by atoms with Crippen LogP contribution >= 0.6 is 0 Å². The average molecular weight is 314 g/mol. The zero-order chi connectivity index (χ0) is 15.9. The topological polar surface area (TPSA) is 74.6 Å². The van der Waals surface area contributed by atoms with Gasteiger partial charge in [-0.05, 0) is 30.5 Å². The molecule has 2 N–H and O–H groups in total. The third-order valence-corrected chi connectivity index (χ3v) is 5.00. The Morgan fingerprint density at radius 3 is 2.29 bits per heavy atom. The SMILES string of the molecule is CCCCCCCCC(c1ccc(O)c(C)c1)S(=O)(=O)O. The van der Waals surface area contributed by atoms with Crippen LogP contribution in [0.1, 0.15) is 68.2 Å². The zero-order valence-corrected chi connectivity index (χ0v) is 13.7. The van der Waals surface area contributed by atoms with Crippen molar-refractivity contribution in [2.75, 3.05) is 0 Å². The lowest BCUT2D eigenvalue weighted by molar-refractivity contribution is 0.456. The maximum absolute atomic E-state index is 11.6. The lowest BCUT2D eigenvalue weighted by Gasteiger charge is -2.15. The Labute approximate surface area is 128 Å². The predicted molar refractivity (Wildman–Crippen MR) is 85.1 cm³/mol. The van der Waals surface area contributed by atoms with Crippen molar-refractivity contribution < 1.29 is 18.1 Å². The molecule has 0 saturated carbocycles. The van der Waals surface area contributed by atoms with Gasteiger partial charge in [-0.3, -0.25) is 4.55 Å². The van der Waals surface area contributed by atoms with Crippen molar-refractivity contribution in [2.45, 2.75) is 64.0 Å². The normalized spacial score (nSPS) is 13.3. The standard InChI is InChI=1S/C16H26O4S/c1-3-4-5-6-7-8-9-16(21(18,19)20)14-10-11-15(17)13(2)12-14/h10-12,16-17H,3-9H2,1-2H3,(H,18,19,20). The van der Waals surface area contributed by atoms with E-state index in [2.05, 4.69) is 6.92 Å². The molecule has 0 aliphatic carbocycles. The number of phenols is 1. The fourth-order valence-electron chi connectivity index (χ4n) is 2.48. The summed E-state index contributed by atoms with van der Waals surface area (Å²) in [6, 6.07) is 4.67. The molecular formula is C16H26O4S. The van der Waals surface area contributed by atoms with E-state index in [1.54, 1.807) is 19.1 Å². The molecule has 0 bridgehead atoms. The Morgan fingerprint density at radius 2 is 1.71 bits per heavy atom. The van der Waals surface area contributed by atoms with Crippen LogP contribution < -0.4 is 0 Å². The summed E-state index contributed by atoms with van der Waals surface area (Å²) in [4.78, 5) is 0. The van der Waals surface area contributed by atoms with Gasteiger partial charge in [0.25, 0.3) is 10.1 Å². The van der Waals surface area contributed by atoms with E-state index < -0.39 is 15.4 Å². The number of phenolic OH excluding ortho intramolecular Hbond substituents is 1. The van der Waals surface area contributed by atoms with Crippen LogP contribution in [0.2, 0.25) is 0 Å². The van der Waals surface area contributed by atoms with Crippen molar-refractivity contribution in [1.29, 1.82) is 0 Å². The molecule has 4 nitrogen and oxygen atoms in total. The van der Waals surface area contributed by atoms with Crippen molar-refractivity contribution in [3.8, 4) is 5.75 Å². The number of rotatable bonds is 9. The fourth-order valence-corrected chi connectivity index (χ4v) is 3.43. The second-order valence-electron chi connectivity index (χ2n) is 5.61. The summed E-state index contributed by atoms with van der Waals surface area (Å²) in [6.45, 7) is 3.87. The minimum Gasteiger partial charge on any atom is -0.508 e. The minimum absolute atomic E-state index is 0.132. The van der Waals surface area contributed by atoms with Gasteiger partial charge in [0.1, 0.15) is 11.0 Å². The van der Waals surface area contributed by atoms with Crippen molar-refractivity contribution in [1.82, 2.24) is 0 Å². The van der Waals surface area contributed by atoms with Crippen LogP contribution in [-0.4, -0.2) is 18.1 Å². The molecule has 0 amide bonds. The minimum atomic E-state index is -4.13. The van der Waals surface area contributed by atoms with E-state index in [4.69, 9.17) is 0 Å². The lowest BCUT2D eigenvalue weighted by Crippen LogP contribution is -2.12. The second-order valence-corrected chi connectivity index (χ2v) is 7.20. The second kappa shape index (κ2) is 8.39. The van der Waals surface area contributed by atoms with E-state index in [1.165, 1.54) is 25.3 Å². The molecule has 0 fully saturated rings. The van der Waals surface area contributed by atoms with Crippen LogP contribution in [0.3, 0.4) is 0 Å². The van der Waals surface area contributed by atoms with Gasteiger partial charge in [-0.25, -0.2) is 0 Å². The molecule has 0 radical (unpaired) electrons. The van der Waals surface area contributed by atoms with Crippen molar-refractivity contribution in [2.24, 2.45) is 0 Å². The maximum Gasteiger partial charge on any atom is 0.271 e. The van der Waals surface area contributed by atoms with Crippen molar-refractivity contribution in [3.05, 3.63) is 29.3 Å². The largest absolute Gasteiger partial charge is 0.508 e. The molecule has 0 heterocycles. The molecule has 5 heteroatoms. The highest BCUT2D eigenvalue weighted by Crippen LogP contribution is 2.30. The molecule has 1 aromatic rings. The Kier molecular flexibility index (Phi) is 7.18. The molecule has 0 saturated heterocycles. The lowest BCUT2D eigenvalue weighted by atomic mass is 10.0. The predicted octanol–water partition coefficient (Wildman–Crippen LogP) is 4.38. The van der Waals surface area contributed by atoms with Gasteiger partial charge in [-0.15, -0.1) is 0 Å². The zero-order valence-electron chi connectivity index (χ0n) is 12.9. The summed E-state index contributed by atoms with van der Waals surface area (Å²) in [5, 5.41) is 8.61. The van der Waals surface area contributed by atoms with Crippen LogP contribution in [-0.2, 0) is 10.1 Å². The quantitative estimate of drug-likeness (QED) is 0.524. The highest BCUT2D eigenvalue weighted by molar-refractivity contribution is 7.86. The molecule has 0 aliphatic rings. The van der Waals surface area contributed by atoms with Crippen molar-refractivity contribution in [3.63, 3.8) is 0 Å². The van der Waals surface area contributed by atoms with Crippen molar-refractivity contribution >= 4 is 10.1 Å². The number of unbranched alkanes of at least 4 members (excludes halogenated alkanes) is 5. The van der Waals surface area contributed by atoms with E-state index in [0.717, 1.165) is 19.3 Å². The van der Waals surface area contributed by atoms with E-state index in [0.29, 0.717) is 17.5 Å². The van der Waals surface area contributed by atoms with Gasteiger partial charge in [0.15, 0.2) is 0 Å². The number of aryl methyl sites for hydroxylation is 1. The molecule has 0 spiro atoms. The molecule has 1 atom stereocenters. The average Bonchev–Trinajstić information content (AvgIpc) is 2.40. The van der Waals surface area contributed by atoms with Crippen LogP contribution in [0.5, 0.6) is 5.75 Å². The van der Waals surface area contributed by atoms with Gasteiger partial charge in [0.2, 0.25) is 0 Å². The van der Waals surface area contributed by atoms with Gasteiger partial charge in [0.05, 0.1) is 0 Å². The van der Waals surface area contributed by atoms with E-state index >= 15 is 0 Å². The molecule has 120 valence electrons. The number of hydrogen-bond donors (Lipinski definition) is 2. The van der Waals surface area contributed by atoms with Crippen LogP contribution in [0.4, 0.5) is 0 Å². The van der Waals surface area contributed by atoms with Crippen LogP contribution in [0, 0.1) is 6.92 Å². The Hall–Kier alpha value is -1.07. The first-order valence-electron chi connectivity index (χ1n) is 7.62. The summed E-state index contributed by atoms with van der Waals surface area (Å²) in [5.41, 5.74) is 1.16. The summed E-state index contributed by atoms with van der Waals surface area (Å²) in [5.74, 6) is 0.132. The number of hydrogen-bond acceptors (Lipinski definition) is 3. The highest BCUT2D eigenvalue weighted by Gasteiger charge is 2.24. The molecular weight excluding hydrogens is 288 g/mol. The molecule has 21 heavy (non-hydrogen) atoms.